The second-order valence-corrected chi connectivity index (χ2v) is 6.35. The van der Waals surface area contributed by atoms with Gasteiger partial charge in [0.2, 0.25) is 5.95 Å². The summed E-state index contributed by atoms with van der Waals surface area (Å²) in [5.74, 6) is 1.28. The van der Waals surface area contributed by atoms with E-state index in [1.807, 2.05) is 11.0 Å². The summed E-state index contributed by atoms with van der Waals surface area (Å²) in [4.78, 5) is 27.4. The Morgan fingerprint density at radius 2 is 1.96 bits per heavy atom. The van der Waals surface area contributed by atoms with Gasteiger partial charge in [-0.25, -0.2) is 23.9 Å². The Labute approximate surface area is 155 Å². The van der Waals surface area contributed by atoms with Crippen LogP contribution in [0, 0.1) is 12.7 Å². The summed E-state index contributed by atoms with van der Waals surface area (Å²) in [5, 5.41) is 3.34. The second-order valence-electron chi connectivity index (χ2n) is 6.35. The first-order valence-electron chi connectivity index (χ1n) is 8.74. The average molecular weight is 366 g/mol. The van der Waals surface area contributed by atoms with Gasteiger partial charge >= 0.3 is 0 Å². The van der Waals surface area contributed by atoms with Crippen molar-refractivity contribution in [2.24, 2.45) is 0 Å². The van der Waals surface area contributed by atoms with Crippen molar-refractivity contribution in [3.8, 4) is 5.82 Å². The van der Waals surface area contributed by atoms with Gasteiger partial charge in [-0.2, -0.15) is 0 Å². The number of benzene rings is 1. The molecule has 0 spiro atoms. The lowest BCUT2D eigenvalue weighted by Crippen LogP contribution is -2.48. The van der Waals surface area contributed by atoms with Gasteiger partial charge < -0.3 is 10.2 Å². The van der Waals surface area contributed by atoms with E-state index in [1.165, 1.54) is 22.9 Å². The molecule has 3 heterocycles. The summed E-state index contributed by atoms with van der Waals surface area (Å²) < 4.78 is 15.7. The predicted molar refractivity (Wildman–Crippen MR) is 99.5 cm³/mol. The fourth-order valence-electron chi connectivity index (χ4n) is 3.30. The molecule has 1 unspecified atom stereocenters. The number of aryl methyl sites for hydroxylation is 1. The number of nitrogens with zero attached hydrogens (tertiary/aromatic N) is 5. The molecule has 1 aliphatic heterocycles. The molecule has 4 rings (SSSR count). The second kappa shape index (κ2) is 7.24. The van der Waals surface area contributed by atoms with Crippen LogP contribution in [0.3, 0.4) is 0 Å². The van der Waals surface area contributed by atoms with E-state index in [-0.39, 0.29) is 17.4 Å². The third-order valence-corrected chi connectivity index (χ3v) is 4.56. The number of nitrogens with one attached hydrogen (secondary N) is 1. The lowest BCUT2D eigenvalue weighted by Gasteiger charge is -2.35. The van der Waals surface area contributed by atoms with Gasteiger partial charge in [-0.15, -0.1) is 0 Å². The Bertz CT molecular complexity index is 1020. The van der Waals surface area contributed by atoms with Crippen LogP contribution >= 0.6 is 0 Å². The Morgan fingerprint density at radius 1 is 1.15 bits per heavy atom. The molecule has 1 aromatic carbocycles. The summed E-state index contributed by atoms with van der Waals surface area (Å²) in [6.07, 6.45) is 3.10. The topological polar surface area (TPSA) is 75.9 Å². The van der Waals surface area contributed by atoms with E-state index < -0.39 is 0 Å². The highest BCUT2D eigenvalue weighted by atomic mass is 19.1. The minimum absolute atomic E-state index is 0.197. The number of rotatable bonds is 3. The number of hydrogen-bond donors (Lipinski definition) is 1. The van der Waals surface area contributed by atoms with Crippen LogP contribution in [0.25, 0.3) is 5.82 Å². The SMILES string of the molecule is Cc1nccc(-n2c(N3CCNC(c4ccccc4F)C3)nccc2=O)n1. The van der Waals surface area contributed by atoms with Crippen molar-refractivity contribution in [3.05, 3.63) is 76.4 Å². The molecule has 1 saturated heterocycles. The zero-order valence-electron chi connectivity index (χ0n) is 14.8. The summed E-state index contributed by atoms with van der Waals surface area (Å²) in [6.45, 7) is 3.54. The first kappa shape index (κ1) is 17.3. The molecule has 1 fully saturated rings. The first-order valence-corrected chi connectivity index (χ1v) is 8.74. The molecule has 1 atom stereocenters. The van der Waals surface area contributed by atoms with Crippen molar-refractivity contribution in [1.82, 2.24) is 24.8 Å². The first-order chi connectivity index (χ1) is 13.1. The average Bonchev–Trinajstić information content (AvgIpc) is 2.68. The van der Waals surface area contributed by atoms with E-state index in [1.54, 1.807) is 31.3 Å². The van der Waals surface area contributed by atoms with Gasteiger partial charge in [0.05, 0.1) is 6.04 Å². The maximum absolute atomic E-state index is 14.2. The standard InChI is InChI=1S/C19H19FN6O/c1-13-21-8-6-17(24-13)26-18(27)7-9-23-19(26)25-11-10-22-16(12-25)14-4-2-3-5-15(14)20/h2-9,16,22H,10-12H2,1H3. The molecule has 1 aliphatic rings. The van der Waals surface area contributed by atoms with E-state index in [0.29, 0.717) is 42.8 Å². The van der Waals surface area contributed by atoms with E-state index in [4.69, 9.17) is 0 Å². The lowest BCUT2D eigenvalue weighted by molar-refractivity contribution is 0.446. The van der Waals surface area contributed by atoms with Gasteiger partial charge in [0.1, 0.15) is 17.5 Å². The minimum atomic E-state index is -0.248. The third kappa shape index (κ3) is 3.43. The van der Waals surface area contributed by atoms with Gasteiger partial charge in [-0.3, -0.25) is 4.79 Å². The summed E-state index contributed by atoms with van der Waals surface area (Å²) in [5.41, 5.74) is 0.379. The summed E-state index contributed by atoms with van der Waals surface area (Å²) in [7, 11) is 0. The van der Waals surface area contributed by atoms with E-state index >= 15 is 0 Å². The highest BCUT2D eigenvalue weighted by Crippen LogP contribution is 2.23. The number of anilines is 1. The van der Waals surface area contributed by atoms with Gasteiger partial charge in [0.15, 0.2) is 0 Å². The van der Waals surface area contributed by atoms with Crippen molar-refractivity contribution in [3.63, 3.8) is 0 Å². The molecular weight excluding hydrogens is 347 g/mol. The van der Waals surface area contributed by atoms with Crippen molar-refractivity contribution >= 4 is 5.95 Å². The molecule has 1 N–H and O–H groups in total. The van der Waals surface area contributed by atoms with E-state index in [0.717, 1.165) is 0 Å². The highest BCUT2D eigenvalue weighted by Gasteiger charge is 2.26. The molecular formula is C19H19FN6O. The molecule has 0 aliphatic carbocycles. The summed E-state index contributed by atoms with van der Waals surface area (Å²) >= 11 is 0. The van der Waals surface area contributed by atoms with Crippen LogP contribution < -0.4 is 15.8 Å². The Kier molecular flexibility index (Phi) is 4.64. The maximum Gasteiger partial charge on any atom is 0.260 e. The number of halogens is 1. The van der Waals surface area contributed by atoms with Crippen LogP contribution in [0.1, 0.15) is 17.4 Å². The van der Waals surface area contributed by atoms with Crippen molar-refractivity contribution in [2.75, 3.05) is 24.5 Å². The Balaban J connectivity index is 1.72. The summed E-state index contributed by atoms with van der Waals surface area (Å²) in [6, 6.07) is 9.60. The van der Waals surface area contributed by atoms with Gasteiger partial charge in [0.25, 0.3) is 5.56 Å². The maximum atomic E-state index is 14.2. The van der Waals surface area contributed by atoms with Crippen LogP contribution in [0.4, 0.5) is 10.3 Å². The molecule has 0 bridgehead atoms. The van der Waals surface area contributed by atoms with Crippen molar-refractivity contribution < 1.29 is 4.39 Å². The third-order valence-electron chi connectivity index (χ3n) is 4.56. The Morgan fingerprint density at radius 3 is 2.78 bits per heavy atom. The number of piperazine rings is 1. The molecule has 3 aromatic rings. The van der Waals surface area contributed by atoms with Gasteiger partial charge in [-0.05, 0) is 19.1 Å². The zero-order chi connectivity index (χ0) is 18.8. The Hall–Kier alpha value is -3.13. The molecule has 0 amide bonds. The van der Waals surface area contributed by atoms with Gasteiger partial charge in [0, 0.05) is 43.7 Å². The van der Waals surface area contributed by atoms with Crippen LogP contribution in [0.2, 0.25) is 0 Å². The molecule has 138 valence electrons. The highest BCUT2D eigenvalue weighted by molar-refractivity contribution is 5.41. The minimum Gasteiger partial charge on any atom is -0.339 e. The largest absolute Gasteiger partial charge is 0.339 e. The van der Waals surface area contributed by atoms with Crippen LogP contribution in [0.5, 0.6) is 0 Å². The molecule has 8 heteroatoms. The van der Waals surface area contributed by atoms with Crippen LogP contribution in [-0.4, -0.2) is 39.2 Å². The number of aromatic nitrogens is 4. The smallest absolute Gasteiger partial charge is 0.260 e. The van der Waals surface area contributed by atoms with Crippen molar-refractivity contribution in [2.45, 2.75) is 13.0 Å². The molecule has 0 saturated carbocycles. The zero-order valence-corrected chi connectivity index (χ0v) is 14.8. The fourth-order valence-corrected chi connectivity index (χ4v) is 3.30. The van der Waals surface area contributed by atoms with Crippen LogP contribution in [0.15, 0.2) is 53.6 Å². The predicted octanol–water partition coefficient (Wildman–Crippen LogP) is 1.62. The van der Waals surface area contributed by atoms with Gasteiger partial charge in [-0.1, -0.05) is 18.2 Å². The fraction of sp³-hybridized carbons (Fsp3) is 0.263. The van der Waals surface area contributed by atoms with E-state index in [2.05, 4.69) is 20.3 Å². The molecule has 27 heavy (non-hydrogen) atoms. The number of hydrogen-bond acceptors (Lipinski definition) is 6. The van der Waals surface area contributed by atoms with Crippen molar-refractivity contribution in [1.29, 1.82) is 0 Å². The quantitative estimate of drug-likeness (QED) is 0.759. The molecule has 2 aromatic heterocycles. The molecule has 7 nitrogen and oxygen atoms in total. The van der Waals surface area contributed by atoms with E-state index in [9.17, 15) is 9.18 Å². The normalized spacial score (nSPS) is 17.1. The monoisotopic (exact) mass is 366 g/mol. The van der Waals surface area contributed by atoms with Crippen LogP contribution in [-0.2, 0) is 0 Å². The lowest BCUT2D eigenvalue weighted by atomic mass is 10.0. The molecule has 0 radical (unpaired) electrons.